The third kappa shape index (κ3) is 4.64. The molecule has 8 heteroatoms. The van der Waals surface area contributed by atoms with Gasteiger partial charge in [0.05, 0.1) is 17.6 Å². The second kappa shape index (κ2) is 9.50. The molecule has 0 radical (unpaired) electrons. The maximum atomic E-state index is 12.5. The number of dihydropyridines is 1. The van der Waals surface area contributed by atoms with Crippen LogP contribution in [0.25, 0.3) is 0 Å². The van der Waals surface area contributed by atoms with Crippen molar-refractivity contribution >= 4 is 17.9 Å². The maximum absolute atomic E-state index is 12.5. The van der Waals surface area contributed by atoms with Crippen molar-refractivity contribution in [2.24, 2.45) is 5.16 Å². The van der Waals surface area contributed by atoms with Crippen LogP contribution in [0.5, 0.6) is 0 Å². The summed E-state index contributed by atoms with van der Waals surface area (Å²) in [5, 5.41) is 18.3. The second-order valence-electron chi connectivity index (χ2n) is 6.17. The summed E-state index contributed by atoms with van der Waals surface area (Å²) < 4.78 is 4.97. The average Bonchev–Trinajstić information content (AvgIpc) is 2.68. The molecule has 0 fully saturated rings. The van der Waals surface area contributed by atoms with E-state index < -0.39 is 16.8 Å². The molecule has 0 aliphatic carbocycles. The minimum atomic E-state index is -0.501. The largest absolute Gasteiger partial charge is 0.466 e. The molecule has 8 nitrogen and oxygen atoms in total. The molecule has 148 valence electrons. The number of nitro benzene ring substituents is 1. The molecule has 1 heterocycles. The Kier molecular flexibility index (Phi) is 7.08. The molecule has 0 aromatic heterocycles. The number of allylic oxidation sites excluding steroid dienone is 3. The fourth-order valence-corrected chi connectivity index (χ4v) is 3.16. The minimum absolute atomic E-state index is 0.0436. The van der Waals surface area contributed by atoms with Crippen molar-refractivity contribution in [3.8, 4) is 0 Å². The number of benzene rings is 1. The predicted octanol–water partition coefficient (Wildman–Crippen LogP) is 3.58. The highest BCUT2D eigenvalue weighted by Gasteiger charge is 2.33. The molecule has 1 N–H and O–H groups in total. The maximum Gasteiger partial charge on any atom is 0.336 e. The van der Waals surface area contributed by atoms with E-state index in [0.717, 1.165) is 11.3 Å². The molecule has 0 amide bonds. The third-order valence-electron chi connectivity index (χ3n) is 4.37. The first-order valence-corrected chi connectivity index (χ1v) is 8.65. The quantitative estimate of drug-likeness (QED) is 0.183. The monoisotopic (exact) mass is 385 g/mol. The topological polar surface area (TPSA) is 103 Å². The first-order chi connectivity index (χ1) is 13.4. The summed E-state index contributed by atoms with van der Waals surface area (Å²) in [5.41, 5.74) is 3.32. The number of hydrogen-bond acceptors (Lipinski definition) is 7. The fourth-order valence-electron chi connectivity index (χ4n) is 3.16. The van der Waals surface area contributed by atoms with Crippen LogP contribution in [0, 0.1) is 10.1 Å². The van der Waals surface area contributed by atoms with Gasteiger partial charge in [0.25, 0.3) is 5.69 Å². The molecular formula is C20H23N3O5. The molecule has 0 bridgehead atoms. The summed E-state index contributed by atoms with van der Waals surface area (Å²) in [6.07, 6.45) is 3.55. The Morgan fingerprint density at radius 1 is 1.39 bits per heavy atom. The van der Waals surface area contributed by atoms with Crippen molar-refractivity contribution in [3.63, 3.8) is 0 Å². The zero-order chi connectivity index (χ0) is 20.7. The van der Waals surface area contributed by atoms with E-state index in [-0.39, 0.29) is 12.3 Å². The number of nitrogens with zero attached hydrogens (tertiary/aromatic N) is 2. The lowest BCUT2D eigenvalue weighted by Crippen LogP contribution is -2.29. The van der Waals surface area contributed by atoms with Gasteiger partial charge in [-0.3, -0.25) is 10.1 Å². The molecular weight excluding hydrogens is 362 g/mol. The number of nitro groups is 1. The molecule has 2 rings (SSSR count). The number of esters is 1. The van der Waals surface area contributed by atoms with Gasteiger partial charge >= 0.3 is 5.97 Å². The van der Waals surface area contributed by atoms with Crippen molar-refractivity contribution in [2.45, 2.75) is 26.2 Å². The van der Waals surface area contributed by atoms with Crippen LogP contribution in [0.4, 0.5) is 5.69 Å². The lowest BCUT2D eigenvalue weighted by atomic mass is 9.79. The molecule has 0 spiro atoms. The van der Waals surface area contributed by atoms with Gasteiger partial charge in [0.15, 0.2) is 0 Å². The molecule has 0 saturated heterocycles. The lowest BCUT2D eigenvalue weighted by Gasteiger charge is -2.31. The molecule has 28 heavy (non-hydrogen) atoms. The first kappa shape index (κ1) is 20.9. The van der Waals surface area contributed by atoms with Crippen molar-refractivity contribution in [1.82, 2.24) is 5.32 Å². The average molecular weight is 385 g/mol. The lowest BCUT2D eigenvalue weighted by molar-refractivity contribution is -0.384. The zero-order valence-electron chi connectivity index (χ0n) is 16.1. The molecule has 0 saturated carbocycles. The number of carbonyl (C=O) groups excluding carboxylic acids is 1. The Morgan fingerprint density at radius 2 is 2.14 bits per heavy atom. The van der Waals surface area contributed by atoms with E-state index in [0.29, 0.717) is 23.3 Å². The SMILES string of the molecule is C=CCON=CCC1=C(C)NC(C)=C(C(=O)OC)C1c1cccc([N+](=O)[O-])c1. The smallest absolute Gasteiger partial charge is 0.336 e. The van der Waals surface area contributed by atoms with Gasteiger partial charge in [-0.05, 0) is 25.0 Å². The Labute approximate surface area is 163 Å². The zero-order valence-corrected chi connectivity index (χ0v) is 16.1. The summed E-state index contributed by atoms with van der Waals surface area (Å²) in [7, 11) is 1.31. The van der Waals surface area contributed by atoms with E-state index in [2.05, 4.69) is 17.1 Å². The summed E-state index contributed by atoms with van der Waals surface area (Å²) in [5.74, 6) is -0.995. The number of oxime groups is 1. The second-order valence-corrected chi connectivity index (χ2v) is 6.17. The molecule has 1 aliphatic rings. The highest BCUT2D eigenvalue weighted by molar-refractivity contribution is 5.93. The fraction of sp³-hybridized carbons (Fsp3) is 0.300. The number of carbonyl (C=O) groups is 1. The van der Waals surface area contributed by atoms with Crippen LogP contribution in [0.15, 0.2) is 64.6 Å². The van der Waals surface area contributed by atoms with Gasteiger partial charge in [-0.15, -0.1) is 0 Å². The van der Waals surface area contributed by atoms with Crippen molar-refractivity contribution < 1.29 is 19.3 Å². The molecule has 1 aromatic carbocycles. The Morgan fingerprint density at radius 3 is 2.79 bits per heavy atom. The van der Waals surface area contributed by atoms with Crippen LogP contribution in [0.1, 0.15) is 31.7 Å². The number of nitrogens with one attached hydrogen (secondary N) is 1. The number of ether oxygens (including phenoxy) is 1. The van der Waals surface area contributed by atoms with E-state index >= 15 is 0 Å². The van der Waals surface area contributed by atoms with Gasteiger partial charge in [-0.2, -0.15) is 0 Å². The van der Waals surface area contributed by atoms with Gasteiger partial charge in [0.1, 0.15) is 6.61 Å². The summed E-state index contributed by atoms with van der Waals surface area (Å²) in [6.45, 7) is 7.50. The van der Waals surface area contributed by atoms with Crippen molar-refractivity contribution in [1.29, 1.82) is 0 Å². The van der Waals surface area contributed by atoms with Crippen LogP contribution >= 0.6 is 0 Å². The summed E-state index contributed by atoms with van der Waals surface area (Å²) >= 11 is 0. The Hall–Kier alpha value is -3.42. The van der Waals surface area contributed by atoms with E-state index in [4.69, 9.17) is 9.57 Å². The predicted molar refractivity (Wildman–Crippen MR) is 106 cm³/mol. The normalized spacial score (nSPS) is 16.8. The number of non-ortho nitro benzene ring substituents is 1. The highest BCUT2D eigenvalue weighted by atomic mass is 16.6. The van der Waals surface area contributed by atoms with Crippen LogP contribution in [0.2, 0.25) is 0 Å². The van der Waals surface area contributed by atoms with Crippen molar-refractivity contribution in [3.05, 3.63) is 75.1 Å². The third-order valence-corrected chi connectivity index (χ3v) is 4.37. The van der Waals surface area contributed by atoms with E-state index in [9.17, 15) is 14.9 Å². The van der Waals surface area contributed by atoms with Gasteiger partial charge in [0, 0.05) is 42.1 Å². The van der Waals surface area contributed by atoms with E-state index in [1.54, 1.807) is 31.3 Å². The molecule has 1 atom stereocenters. The first-order valence-electron chi connectivity index (χ1n) is 8.65. The van der Waals surface area contributed by atoms with Gasteiger partial charge in [-0.1, -0.05) is 29.9 Å². The Bertz CT molecular complexity index is 870. The van der Waals surface area contributed by atoms with E-state index in [1.165, 1.54) is 19.2 Å². The van der Waals surface area contributed by atoms with Crippen LogP contribution in [-0.4, -0.2) is 30.8 Å². The summed E-state index contributed by atoms with van der Waals surface area (Å²) in [6, 6.07) is 6.26. The highest BCUT2D eigenvalue weighted by Crippen LogP contribution is 2.40. The summed E-state index contributed by atoms with van der Waals surface area (Å²) in [4.78, 5) is 28.3. The van der Waals surface area contributed by atoms with Gasteiger partial charge in [0.2, 0.25) is 0 Å². The van der Waals surface area contributed by atoms with Crippen LogP contribution in [-0.2, 0) is 14.4 Å². The molecule has 1 aliphatic heterocycles. The number of rotatable bonds is 8. The minimum Gasteiger partial charge on any atom is -0.466 e. The molecule has 1 aromatic rings. The van der Waals surface area contributed by atoms with Crippen LogP contribution < -0.4 is 5.32 Å². The Balaban J connectivity index is 2.52. The number of methoxy groups -OCH3 is 1. The number of hydrogen-bond donors (Lipinski definition) is 1. The van der Waals surface area contributed by atoms with Gasteiger partial charge < -0.3 is 14.9 Å². The van der Waals surface area contributed by atoms with Crippen molar-refractivity contribution in [2.75, 3.05) is 13.7 Å². The molecule has 1 unspecified atom stereocenters. The standard InChI is InChI=1S/C20H23N3O5/c1-5-11-28-21-10-9-17-13(2)22-14(3)18(20(24)27-4)19(17)15-7-6-8-16(12-15)23(25)26/h5-8,10,12,19,22H,1,9,11H2,2-4H3. The van der Waals surface area contributed by atoms with E-state index in [1.807, 2.05) is 6.92 Å². The van der Waals surface area contributed by atoms with Gasteiger partial charge in [-0.25, -0.2) is 4.79 Å². The van der Waals surface area contributed by atoms with Crippen LogP contribution in [0.3, 0.4) is 0 Å².